The molecular formula is C18H32Cl2SiZr. The van der Waals surface area contributed by atoms with Crippen LogP contribution in [-0.4, -0.2) is 6.88 Å². The first kappa shape index (κ1) is 22.6. The summed E-state index contributed by atoms with van der Waals surface area (Å²) in [4.78, 5) is 0. The van der Waals surface area contributed by atoms with Gasteiger partial charge in [0.15, 0.2) is 0 Å². The van der Waals surface area contributed by atoms with E-state index < -0.39 is 17.4 Å². The molecule has 0 amide bonds. The van der Waals surface area contributed by atoms with Crippen molar-refractivity contribution in [2.45, 2.75) is 62.6 Å². The van der Waals surface area contributed by atoms with E-state index in [1.807, 2.05) is 6.56 Å². The van der Waals surface area contributed by atoms with E-state index in [2.05, 4.69) is 58.3 Å². The summed E-state index contributed by atoms with van der Waals surface area (Å²) in [6, 6.07) is 0. The Bertz CT molecular complexity index is 602. The maximum atomic E-state index is 2.72. The molecule has 0 spiro atoms. The van der Waals surface area contributed by atoms with Gasteiger partial charge in [-0.25, -0.2) is 0 Å². The molecule has 0 aromatic rings. The van der Waals surface area contributed by atoms with Crippen LogP contribution in [0.15, 0.2) is 41.0 Å². The molecule has 0 bridgehead atoms. The van der Waals surface area contributed by atoms with Crippen LogP contribution in [0.2, 0.25) is 8.76 Å². The fourth-order valence-corrected chi connectivity index (χ4v) is 26.9. The van der Waals surface area contributed by atoms with Crippen molar-refractivity contribution in [3.8, 4) is 0 Å². The molecular weight excluding hydrogens is 406 g/mol. The first-order chi connectivity index (χ1) is 9.21. The molecule has 4 heteroatoms. The van der Waals surface area contributed by atoms with Crippen molar-refractivity contribution in [3.05, 3.63) is 41.0 Å². The molecule has 2 aliphatic rings. The van der Waals surface area contributed by atoms with Gasteiger partial charge in [-0.1, -0.05) is 0 Å². The van der Waals surface area contributed by atoms with Crippen LogP contribution in [0.5, 0.6) is 0 Å². The zero-order valence-corrected chi connectivity index (χ0v) is 20.5. The first-order valence-corrected chi connectivity index (χ1v) is 20.6. The van der Waals surface area contributed by atoms with Crippen LogP contribution in [0.3, 0.4) is 0 Å². The number of rotatable bonds is 4. The van der Waals surface area contributed by atoms with Crippen molar-refractivity contribution < 1.29 is 17.4 Å². The molecule has 0 unspecified atom stereocenters. The van der Waals surface area contributed by atoms with Crippen molar-refractivity contribution in [2.75, 3.05) is 0 Å². The second-order valence-electron chi connectivity index (χ2n) is 7.43. The third-order valence-electron chi connectivity index (χ3n) is 6.00. The number of hydrogen-bond acceptors (Lipinski definition) is 0. The summed E-state index contributed by atoms with van der Waals surface area (Å²) >= 11 is -2.95. The van der Waals surface area contributed by atoms with E-state index in [-0.39, 0.29) is 24.8 Å². The first-order valence-electron chi connectivity index (χ1n) is 8.02. The van der Waals surface area contributed by atoms with Gasteiger partial charge in [-0.2, -0.15) is 0 Å². The van der Waals surface area contributed by atoms with Crippen molar-refractivity contribution >= 4 is 31.7 Å². The van der Waals surface area contributed by atoms with Gasteiger partial charge in [0.05, 0.1) is 0 Å². The summed E-state index contributed by atoms with van der Waals surface area (Å²) < 4.78 is 7.93. The number of allylic oxidation sites excluding steroid dienone is 8. The van der Waals surface area contributed by atoms with Crippen LogP contribution in [0.4, 0.5) is 0 Å². The van der Waals surface area contributed by atoms with Crippen LogP contribution < -0.4 is 0 Å². The minimum atomic E-state index is -2.95. The predicted molar refractivity (Wildman–Crippen MR) is 106 cm³/mol. The molecule has 126 valence electrons. The predicted octanol–water partition coefficient (Wildman–Crippen LogP) is 6.19. The van der Waals surface area contributed by atoms with Crippen LogP contribution in [0, 0.1) is 0 Å². The van der Waals surface area contributed by atoms with Crippen molar-refractivity contribution in [1.82, 2.24) is 0 Å². The van der Waals surface area contributed by atoms with E-state index in [9.17, 15) is 0 Å². The summed E-state index contributed by atoms with van der Waals surface area (Å²) in [5.74, 6) is 0. The molecule has 0 heterocycles. The molecule has 0 saturated heterocycles. The Hall–Kier alpha value is 0.640. The third-order valence-corrected chi connectivity index (χ3v) is 29.2. The average molecular weight is 439 g/mol. The summed E-state index contributed by atoms with van der Waals surface area (Å²) in [5.41, 5.74) is 6.33. The van der Waals surface area contributed by atoms with Gasteiger partial charge < -0.3 is 0 Å². The van der Waals surface area contributed by atoms with E-state index in [1.165, 1.54) is 34.5 Å². The van der Waals surface area contributed by atoms with Gasteiger partial charge in [0.25, 0.3) is 0 Å². The minimum absolute atomic E-state index is 0. The Morgan fingerprint density at radius 2 is 1.27 bits per heavy atom. The van der Waals surface area contributed by atoms with Gasteiger partial charge >= 0.3 is 128 Å². The molecule has 2 aliphatic carbocycles. The summed E-state index contributed by atoms with van der Waals surface area (Å²) in [6.45, 7) is 14.2. The minimum Gasteiger partial charge on any atom is -0.147 e. The van der Waals surface area contributed by atoms with Crippen LogP contribution in [-0.2, 0) is 17.4 Å². The molecule has 0 radical (unpaired) electrons. The quantitative estimate of drug-likeness (QED) is 0.459. The molecule has 0 nitrogen and oxygen atoms in total. The van der Waals surface area contributed by atoms with Gasteiger partial charge in [-0.3, -0.25) is 0 Å². The molecule has 0 aromatic carbocycles. The van der Waals surface area contributed by atoms with Gasteiger partial charge in [-0.15, -0.1) is 24.8 Å². The van der Waals surface area contributed by atoms with Gasteiger partial charge in [0, 0.05) is 0 Å². The van der Waals surface area contributed by atoms with E-state index >= 15 is 0 Å². The molecule has 0 fully saturated rings. The number of halogens is 2. The Morgan fingerprint density at radius 3 is 1.50 bits per heavy atom. The topological polar surface area (TPSA) is 0 Å². The standard InChI is InChI=1S/2C7H9.C3H7.CH3.2ClH.H2Si.Zr/c2*1-6-4-3-5-7(6)2;1-3-2;;;;;/h2*4H,3H2,1-2H3;1,3H2,2H3;1H3;2*1H;1H2;. The van der Waals surface area contributed by atoms with Crippen LogP contribution in [0.1, 0.15) is 53.9 Å². The van der Waals surface area contributed by atoms with E-state index in [1.54, 1.807) is 11.1 Å². The zero-order valence-electron chi connectivity index (χ0n) is 15.0. The van der Waals surface area contributed by atoms with Gasteiger partial charge in [0.1, 0.15) is 0 Å². The van der Waals surface area contributed by atoms with Crippen molar-refractivity contribution in [2.24, 2.45) is 0 Å². The fourth-order valence-electron chi connectivity index (χ4n) is 4.45. The summed E-state index contributed by atoms with van der Waals surface area (Å²) in [5, 5.41) is 0. The van der Waals surface area contributed by atoms with Crippen LogP contribution in [0.25, 0.3) is 0 Å². The van der Waals surface area contributed by atoms with Crippen LogP contribution >= 0.6 is 24.8 Å². The van der Waals surface area contributed by atoms with Crippen molar-refractivity contribution in [1.29, 1.82) is 0 Å². The second kappa shape index (κ2) is 7.68. The fraction of sp³-hybridized carbons (Fsp3) is 0.556. The maximum Gasteiger partial charge on any atom is -0.147 e. The van der Waals surface area contributed by atoms with E-state index in [4.69, 9.17) is 0 Å². The molecule has 0 N–H and O–H groups in total. The largest absolute Gasteiger partial charge is 0.147 e. The van der Waals surface area contributed by atoms with E-state index in [0.29, 0.717) is 0 Å². The Balaban J connectivity index is 0.00000220. The monoisotopic (exact) mass is 436 g/mol. The normalized spacial score (nSPS) is 18.9. The zero-order chi connectivity index (χ0) is 15.2. The smallest absolute Gasteiger partial charge is 0.147 e. The molecule has 0 aliphatic heterocycles. The molecule has 0 atom stereocenters. The van der Waals surface area contributed by atoms with Crippen molar-refractivity contribution in [3.63, 3.8) is 0 Å². The Labute approximate surface area is 151 Å². The van der Waals surface area contributed by atoms with E-state index in [0.717, 1.165) is 0 Å². The average Bonchev–Trinajstić information content (AvgIpc) is 2.86. The van der Waals surface area contributed by atoms with Gasteiger partial charge in [-0.05, 0) is 0 Å². The Kier molecular flexibility index (Phi) is 7.91. The maximum absolute atomic E-state index is 2.95. The molecule has 0 saturated carbocycles. The second-order valence-corrected chi connectivity index (χ2v) is 34.2. The third kappa shape index (κ3) is 3.51. The van der Waals surface area contributed by atoms with Gasteiger partial charge in [0.2, 0.25) is 0 Å². The SMILES string of the molecule is CC[CH2][Zr]([CH3])(=[SiH2])([C]1=C(C)C(C)=CC1)[C]1=C(C)C(C)=CC1.Cl.Cl. The molecule has 2 rings (SSSR count). The number of hydrogen-bond donors (Lipinski definition) is 0. The Morgan fingerprint density at radius 1 is 0.909 bits per heavy atom. The molecule has 22 heavy (non-hydrogen) atoms. The summed E-state index contributed by atoms with van der Waals surface area (Å²) in [6.07, 6.45) is 8.74. The molecule has 0 aromatic heterocycles. The summed E-state index contributed by atoms with van der Waals surface area (Å²) in [7, 11) is 0.